The van der Waals surface area contributed by atoms with Crippen molar-refractivity contribution < 1.29 is 14.3 Å². The number of benzene rings is 1. The lowest BCUT2D eigenvalue weighted by molar-refractivity contribution is -0.129. The van der Waals surface area contributed by atoms with Gasteiger partial charge in [0, 0.05) is 32.6 Å². The normalized spacial score (nSPS) is 20.5. The van der Waals surface area contributed by atoms with Gasteiger partial charge in [0.2, 0.25) is 5.91 Å². The molecule has 1 saturated heterocycles. The molecule has 0 radical (unpaired) electrons. The van der Waals surface area contributed by atoms with E-state index < -0.39 is 0 Å². The molecule has 7 heteroatoms. The fourth-order valence-electron chi connectivity index (χ4n) is 3.59. The maximum atomic E-state index is 11.9. The Bertz CT molecular complexity index is 664. The molecule has 0 spiro atoms. The van der Waals surface area contributed by atoms with Gasteiger partial charge < -0.3 is 25.0 Å². The van der Waals surface area contributed by atoms with Gasteiger partial charge in [0.15, 0.2) is 17.5 Å². The molecule has 27 heavy (non-hydrogen) atoms. The van der Waals surface area contributed by atoms with Crippen LogP contribution in [0.5, 0.6) is 11.5 Å². The van der Waals surface area contributed by atoms with Crippen LogP contribution in [0.4, 0.5) is 0 Å². The highest BCUT2D eigenvalue weighted by molar-refractivity contribution is 5.80. The number of carbonyl (C=O) groups is 1. The van der Waals surface area contributed by atoms with Gasteiger partial charge in [-0.2, -0.15) is 0 Å². The topological polar surface area (TPSA) is 75.2 Å². The molecule has 1 aromatic rings. The monoisotopic (exact) mass is 374 g/mol. The fraction of sp³-hybridized carbons (Fsp3) is 0.600. The lowest BCUT2D eigenvalue weighted by Gasteiger charge is -2.28. The predicted molar refractivity (Wildman–Crippen MR) is 105 cm³/mol. The van der Waals surface area contributed by atoms with E-state index in [1.165, 1.54) is 0 Å². The Morgan fingerprint density at radius 3 is 2.85 bits per heavy atom. The van der Waals surface area contributed by atoms with Crippen LogP contribution in [0.15, 0.2) is 29.3 Å². The Labute approximate surface area is 161 Å². The number of hydrogen-bond acceptors (Lipinski definition) is 4. The van der Waals surface area contributed by atoms with Crippen molar-refractivity contribution in [1.82, 2.24) is 15.5 Å². The number of nitrogens with one attached hydrogen (secondary N) is 2. The number of amides is 1. The molecule has 2 aliphatic heterocycles. The minimum atomic E-state index is -0.0657. The maximum Gasteiger partial charge on any atom is 0.222 e. The van der Waals surface area contributed by atoms with Crippen LogP contribution in [0.3, 0.4) is 0 Å². The van der Waals surface area contributed by atoms with E-state index in [1.54, 1.807) is 7.05 Å². The first kappa shape index (κ1) is 19.3. The summed E-state index contributed by atoms with van der Waals surface area (Å²) < 4.78 is 11.7. The summed E-state index contributed by atoms with van der Waals surface area (Å²) in [5.74, 6) is 2.59. The largest absolute Gasteiger partial charge is 0.486 e. The molecule has 0 bridgehead atoms. The molecule has 148 valence electrons. The molecule has 0 aliphatic carbocycles. The quantitative estimate of drug-likeness (QED) is 0.562. The second kappa shape index (κ2) is 9.48. The van der Waals surface area contributed by atoms with E-state index in [2.05, 4.69) is 22.5 Å². The number of ether oxygens (including phenoxy) is 2. The zero-order valence-corrected chi connectivity index (χ0v) is 16.2. The molecule has 2 N–H and O–H groups in total. The Kier molecular flexibility index (Phi) is 6.79. The van der Waals surface area contributed by atoms with Crippen LogP contribution in [-0.2, 0) is 4.79 Å². The van der Waals surface area contributed by atoms with Crippen molar-refractivity contribution in [3.8, 4) is 11.5 Å². The molecule has 3 rings (SSSR count). The second-order valence-electron chi connectivity index (χ2n) is 6.92. The standard InChI is InChI=1S/C20H30N4O3/c1-3-15(24-12-6-9-19(24)25)10-11-22-20(21-2)23-13-16-14-26-17-7-4-5-8-18(17)27-16/h4-5,7-8,15-16H,3,6,9-14H2,1-2H3,(H2,21,22,23). The number of likely N-dealkylation sites (tertiary alicyclic amines) is 1. The Balaban J connectivity index is 1.40. The van der Waals surface area contributed by atoms with E-state index in [0.29, 0.717) is 31.5 Å². The van der Waals surface area contributed by atoms with Crippen molar-refractivity contribution in [3.63, 3.8) is 0 Å². The summed E-state index contributed by atoms with van der Waals surface area (Å²) in [6, 6.07) is 8.00. The summed E-state index contributed by atoms with van der Waals surface area (Å²) in [5, 5.41) is 6.63. The van der Waals surface area contributed by atoms with Crippen LogP contribution in [0, 0.1) is 0 Å². The average Bonchev–Trinajstić information content (AvgIpc) is 3.13. The highest BCUT2D eigenvalue weighted by Gasteiger charge is 2.26. The Hall–Kier alpha value is -2.44. The van der Waals surface area contributed by atoms with Crippen molar-refractivity contribution in [3.05, 3.63) is 24.3 Å². The van der Waals surface area contributed by atoms with E-state index in [1.807, 2.05) is 29.2 Å². The molecule has 0 saturated carbocycles. The number of hydrogen-bond donors (Lipinski definition) is 2. The molecule has 2 heterocycles. The number of guanidine groups is 1. The summed E-state index contributed by atoms with van der Waals surface area (Å²) in [5.41, 5.74) is 0. The summed E-state index contributed by atoms with van der Waals surface area (Å²) in [7, 11) is 1.75. The number of carbonyl (C=O) groups excluding carboxylic acids is 1. The molecule has 7 nitrogen and oxygen atoms in total. The molecule has 1 fully saturated rings. The predicted octanol–water partition coefficient (Wildman–Crippen LogP) is 1.78. The van der Waals surface area contributed by atoms with E-state index in [4.69, 9.17) is 9.47 Å². The lowest BCUT2D eigenvalue weighted by Crippen LogP contribution is -2.46. The smallest absolute Gasteiger partial charge is 0.222 e. The number of fused-ring (bicyclic) bond motifs is 1. The Morgan fingerprint density at radius 1 is 1.33 bits per heavy atom. The van der Waals surface area contributed by atoms with Gasteiger partial charge in [0.05, 0.1) is 6.54 Å². The van der Waals surface area contributed by atoms with Crippen LogP contribution in [0.2, 0.25) is 0 Å². The number of rotatable bonds is 7. The van der Waals surface area contributed by atoms with Crippen molar-refractivity contribution in [1.29, 1.82) is 0 Å². The van der Waals surface area contributed by atoms with E-state index in [9.17, 15) is 4.79 Å². The van der Waals surface area contributed by atoms with Gasteiger partial charge in [0.1, 0.15) is 12.7 Å². The van der Waals surface area contributed by atoms with Crippen LogP contribution >= 0.6 is 0 Å². The van der Waals surface area contributed by atoms with Gasteiger partial charge >= 0.3 is 0 Å². The molecule has 1 amide bonds. The first-order valence-corrected chi connectivity index (χ1v) is 9.83. The van der Waals surface area contributed by atoms with Gasteiger partial charge in [-0.1, -0.05) is 19.1 Å². The number of para-hydroxylation sites is 2. The van der Waals surface area contributed by atoms with Gasteiger partial charge in [-0.3, -0.25) is 9.79 Å². The van der Waals surface area contributed by atoms with Gasteiger partial charge in [-0.05, 0) is 31.4 Å². The van der Waals surface area contributed by atoms with Crippen LogP contribution < -0.4 is 20.1 Å². The third-order valence-electron chi connectivity index (χ3n) is 5.08. The number of aliphatic imine (C=N–C) groups is 1. The summed E-state index contributed by atoms with van der Waals surface area (Å²) in [6.45, 7) is 4.92. The molecule has 0 aromatic heterocycles. The highest BCUT2D eigenvalue weighted by Crippen LogP contribution is 2.30. The first-order chi connectivity index (χ1) is 13.2. The molecule has 2 aliphatic rings. The third-order valence-corrected chi connectivity index (χ3v) is 5.08. The van der Waals surface area contributed by atoms with Crippen molar-refractivity contribution >= 4 is 11.9 Å². The Morgan fingerprint density at radius 2 is 2.15 bits per heavy atom. The van der Waals surface area contributed by atoms with Gasteiger partial charge in [-0.15, -0.1) is 0 Å². The summed E-state index contributed by atoms with van der Waals surface area (Å²) >= 11 is 0. The van der Waals surface area contributed by atoms with E-state index in [0.717, 1.165) is 49.8 Å². The molecular formula is C20H30N4O3. The zero-order valence-electron chi connectivity index (χ0n) is 16.2. The van der Waals surface area contributed by atoms with Crippen molar-refractivity contribution in [2.45, 2.75) is 44.8 Å². The second-order valence-corrected chi connectivity index (χ2v) is 6.92. The summed E-state index contributed by atoms with van der Waals surface area (Å²) in [4.78, 5) is 18.2. The molecule has 1 aromatic carbocycles. The van der Waals surface area contributed by atoms with Crippen LogP contribution in [-0.4, -0.2) is 62.2 Å². The van der Waals surface area contributed by atoms with Gasteiger partial charge in [-0.25, -0.2) is 0 Å². The van der Waals surface area contributed by atoms with E-state index in [-0.39, 0.29) is 6.10 Å². The highest BCUT2D eigenvalue weighted by atomic mass is 16.6. The zero-order chi connectivity index (χ0) is 19.1. The lowest BCUT2D eigenvalue weighted by atomic mass is 10.1. The van der Waals surface area contributed by atoms with Crippen molar-refractivity contribution in [2.75, 3.05) is 33.3 Å². The SMILES string of the molecule is CCC(CCNC(=NC)NCC1COc2ccccc2O1)N1CCCC1=O. The molecule has 2 atom stereocenters. The van der Waals surface area contributed by atoms with Crippen LogP contribution in [0.1, 0.15) is 32.6 Å². The fourth-order valence-corrected chi connectivity index (χ4v) is 3.59. The van der Waals surface area contributed by atoms with Crippen LogP contribution in [0.25, 0.3) is 0 Å². The maximum absolute atomic E-state index is 11.9. The summed E-state index contributed by atoms with van der Waals surface area (Å²) in [6.07, 6.45) is 3.51. The van der Waals surface area contributed by atoms with Crippen molar-refractivity contribution in [2.24, 2.45) is 4.99 Å². The van der Waals surface area contributed by atoms with E-state index >= 15 is 0 Å². The number of nitrogens with zero attached hydrogens (tertiary/aromatic N) is 2. The molecule has 2 unspecified atom stereocenters. The molecular weight excluding hydrogens is 344 g/mol. The van der Waals surface area contributed by atoms with Gasteiger partial charge in [0.25, 0.3) is 0 Å². The minimum absolute atomic E-state index is 0.0657. The third kappa shape index (κ3) is 5.05. The minimum Gasteiger partial charge on any atom is -0.486 e. The first-order valence-electron chi connectivity index (χ1n) is 9.83. The average molecular weight is 374 g/mol.